The highest BCUT2D eigenvalue weighted by Gasteiger charge is 2.37. The van der Waals surface area contributed by atoms with Gasteiger partial charge < -0.3 is 10.2 Å². The summed E-state index contributed by atoms with van der Waals surface area (Å²) in [5.74, 6) is -1.92. The third-order valence-electron chi connectivity index (χ3n) is 7.68. The Morgan fingerprint density at radius 3 is 2.54 bits per heavy atom. The van der Waals surface area contributed by atoms with Crippen LogP contribution in [0, 0.1) is 35.0 Å². The molecule has 5 atom stereocenters. The summed E-state index contributed by atoms with van der Waals surface area (Å²) in [7, 11) is 1.63. The number of halogens is 1. The van der Waals surface area contributed by atoms with E-state index in [4.69, 9.17) is 11.6 Å². The molecule has 0 saturated carbocycles. The average Bonchev–Trinajstić information content (AvgIpc) is 3.21. The van der Waals surface area contributed by atoms with Crippen LogP contribution >= 0.6 is 11.6 Å². The fraction of sp³-hybridized carbons (Fsp3) is 0.621. The van der Waals surface area contributed by atoms with E-state index in [-0.39, 0.29) is 54.1 Å². The van der Waals surface area contributed by atoms with E-state index >= 15 is 0 Å². The van der Waals surface area contributed by atoms with Crippen LogP contribution in [-0.4, -0.2) is 47.4 Å². The molecule has 1 aromatic rings. The first-order valence-electron chi connectivity index (χ1n) is 13.4. The summed E-state index contributed by atoms with van der Waals surface area (Å²) in [4.78, 5) is 54.4. The van der Waals surface area contributed by atoms with Crippen LogP contribution in [0.3, 0.4) is 0 Å². The van der Waals surface area contributed by atoms with E-state index in [1.165, 1.54) is 4.90 Å². The van der Waals surface area contributed by atoms with Crippen molar-refractivity contribution in [3.8, 4) is 6.07 Å². The molecule has 200 valence electrons. The van der Waals surface area contributed by atoms with Crippen molar-refractivity contribution >= 4 is 35.0 Å². The largest absolute Gasteiger partial charge is 0.353 e. The second-order valence-corrected chi connectivity index (χ2v) is 11.5. The molecule has 0 aromatic heterocycles. The summed E-state index contributed by atoms with van der Waals surface area (Å²) >= 11 is 6.25. The van der Waals surface area contributed by atoms with Crippen LogP contribution in [0.1, 0.15) is 82.0 Å². The van der Waals surface area contributed by atoms with Gasteiger partial charge in [-0.3, -0.25) is 19.2 Å². The van der Waals surface area contributed by atoms with Crippen LogP contribution in [0.4, 0.5) is 0 Å². The SMILES string of the molecule is CC(C)C[C@H]1C(=O)C[C@H](C#N)C[C@@H]2C[C@@H](CCCC[C@H](CC(=O)c3ccccc3Cl)C(=O)N1C)NC2=O. The first kappa shape index (κ1) is 28.8. The van der Waals surface area contributed by atoms with E-state index in [0.717, 1.165) is 19.3 Å². The van der Waals surface area contributed by atoms with Crippen LogP contribution in [0.2, 0.25) is 5.02 Å². The van der Waals surface area contributed by atoms with Crippen molar-refractivity contribution in [1.82, 2.24) is 10.2 Å². The quantitative estimate of drug-likeness (QED) is 0.544. The number of nitrogens with zero attached hydrogens (tertiary/aromatic N) is 2. The lowest BCUT2D eigenvalue weighted by Crippen LogP contribution is -2.46. The minimum Gasteiger partial charge on any atom is -0.353 e. The Balaban J connectivity index is 1.89. The van der Waals surface area contributed by atoms with Gasteiger partial charge in [-0.15, -0.1) is 0 Å². The van der Waals surface area contributed by atoms with Crippen molar-refractivity contribution < 1.29 is 19.2 Å². The maximum atomic E-state index is 13.8. The Morgan fingerprint density at radius 2 is 1.86 bits per heavy atom. The molecule has 1 N–H and O–H groups in total. The molecule has 2 fully saturated rings. The smallest absolute Gasteiger partial charge is 0.226 e. The van der Waals surface area contributed by atoms with Gasteiger partial charge in [0.2, 0.25) is 11.8 Å². The second kappa shape index (κ2) is 13.2. The zero-order valence-electron chi connectivity index (χ0n) is 22.0. The number of ketones is 2. The molecule has 2 aliphatic heterocycles. The molecule has 7 nitrogen and oxygen atoms in total. The highest BCUT2D eigenvalue weighted by atomic mass is 35.5. The number of nitriles is 1. The molecule has 1 aromatic carbocycles. The number of carbonyl (C=O) groups excluding carboxylic acids is 4. The van der Waals surface area contributed by atoms with E-state index in [2.05, 4.69) is 11.4 Å². The number of fused-ring (bicyclic) bond motifs is 2. The number of Topliss-reactive ketones (excluding diaryl/α,β-unsaturated/α-hetero) is 2. The van der Waals surface area contributed by atoms with Crippen molar-refractivity contribution in [2.24, 2.45) is 23.7 Å². The number of nitrogens with one attached hydrogen (secondary N) is 1. The molecule has 37 heavy (non-hydrogen) atoms. The normalized spacial score (nSPS) is 27.8. The van der Waals surface area contributed by atoms with Crippen molar-refractivity contribution in [2.45, 2.75) is 83.7 Å². The van der Waals surface area contributed by atoms with Gasteiger partial charge in [0, 0.05) is 43.3 Å². The van der Waals surface area contributed by atoms with Gasteiger partial charge in [0.05, 0.1) is 23.1 Å². The Morgan fingerprint density at radius 1 is 1.16 bits per heavy atom. The minimum absolute atomic E-state index is 0.00315. The van der Waals surface area contributed by atoms with Crippen molar-refractivity contribution in [3.63, 3.8) is 0 Å². The van der Waals surface area contributed by atoms with Gasteiger partial charge in [-0.1, -0.05) is 50.4 Å². The van der Waals surface area contributed by atoms with Gasteiger partial charge in [-0.2, -0.15) is 5.26 Å². The van der Waals surface area contributed by atoms with E-state index in [1.54, 1.807) is 31.3 Å². The molecule has 0 aliphatic carbocycles. The van der Waals surface area contributed by atoms with E-state index in [0.29, 0.717) is 36.3 Å². The van der Waals surface area contributed by atoms with E-state index in [1.807, 2.05) is 13.8 Å². The number of benzene rings is 1. The number of amides is 2. The topological polar surface area (TPSA) is 107 Å². The van der Waals surface area contributed by atoms with Crippen LogP contribution in [0.25, 0.3) is 0 Å². The second-order valence-electron chi connectivity index (χ2n) is 11.1. The molecule has 8 heteroatoms. The lowest BCUT2D eigenvalue weighted by Gasteiger charge is -2.32. The molecule has 2 bridgehead atoms. The Hall–Kier alpha value is -2.72. The van der Waals surface area contributed by atoms with Gasteiger partial charge in [-0.25, -0.2) is 0 Å². The molecular weight excluding hydrogens is 490 g/mol. The van der Waals surface area contributed by atoms with Crippen LogP contribution in [-0.2, 0) is 14.4 Å². The number of carbonyl (C=O) groups is 4. The third kappa shape index (κ3) is 7.64. The van der Waals surface area contributed by atoms with Crippen LogP contribution < -0.4 is 5.32 Å². The molecule has 0 spiro atoms. The summed E-state index contributed by atoms with van der Waals surface area (Å²) < 4.78 is 0. The van der Waals surface area contributed by atoms with Crippen molar-refractivity contribution in [1.29, 1.82) is 5.26 Å². The van der Waals surface area contributed by atoms with Crippen molar-refractivity contribution in [2.75, 3.05) is 7.05 Å². The van der Waals surface area contributed by atoms with Gasteiger partial charge >= 0.3 is 0 Å². The van der Waals surface area contributed by atoms with E-state index in [9.17, 15) is 24.4 Å². The lowest BCUT2D eigenvalue weighted by atomic mass is 9.86. The summed E-state index contributed by atoms with van der Waals surface area (Å²) in [5.41, 5.74) is 0.391. The monoisotopic (exact) mass is 527 g/mol. The zero-order valence-corrected chi connectivity index (χ0v) is 22.8. The summed E-state index contributed by atoms with van der Waals surface area (Å²) in [5, 5.41) is 13.2. The fourth-order valence-electron chi connectivity index (χ4n) is 5.63. The van der Waals surface area contributed by atoms with Crippen LogP contribution in [0.15, 0.2) is 24.3 Å². The average molecular weight is 528 g/mol. The standard InChI is InChI=1S/C29H38ClN3O4/c1-18(2)12-25-27(35)14-19(17-31)13-21-15-22(32-28(21)36)9-5-4-8-20(29(37)33(25)3)16-26(34)23-10-6-7-11-24(23)30/h6-7,10-11,18-22,25H,4-5,8-9,12-16H2,1-3H3,(H,32,36)/t19-,20-,21-,22-,25+/m1/s1. The van der Waals surface area contributed by atoms with Crippen molar-refractivity contribution in [3.05, 3.63) is 34.9 Å². The molecule has 3 rings (SSSR count). The number of hydrogen-bond donors (Lipinski definition) is 1. The van der Waals surface area contributed by atoms with Crippen LogP contribution in [0.5, 0.6) is 0 Å². The molecule has 2 saturated heterocycles. The summed E-state index contributed by atoms with van der Waals surface area (Å²) in [6.07, 6.45) is 4.32. The summed E-state index contributed by atoms with van der Waals surface area (Å²) in [6.45, 7) is 3.98. The molecule has 2 aliphatic rings. The predicted octanol–water partition coefficient (Wildman–Crippen LogP) is 4.97. The zero-order chi connectivity index (χ0) is 27.1. The van der Waals surface area contributed by atoms with Gasteiger partial charge in [0.25, 0.3) is 0 Å². The van der Waals surface area contributed by atoms with Gasteiger partial charge in [0.1, 0.15) is 0 Å². The first-order chi connectivity index (χ1) is 17.6. The summed E-state index contributed by atoms with van der Waals surface area (Å²) in [6, 6.07) is 8.40. The number of hydrogen-bond acceptors (Lipinski definition) is 5. The maximum absolute atomic E-state index is 13.8. The molecular formula is C29H38ClN3O4. The highest BCUT2D eigenvalue weighted by Crippen LogP contribution is 2.30. The molecule has 2 heterocycles. The maximum Gasteiger partial charge on any atom is 0.226 e. The Labute approximate surface area is 224 Å². The predicted molar refractivity (Wildman–Crippen MR) is 142 cm³/mol. The highest BCUT2D eigenvalue weighted by molar-refractivity contribution is 6.34. The molecule has 0 radical (unpaired) electrons. The molecule has 0 unspecified atom stereocenters. The number of rotatable bonds is 5. The molecule has 2 amide bonds. The lowest BCUT2D eigenvalue weighted by molar-refractivity contribution is -0.142. The first-order valence-corrected chi connectivity index (χ1v) is 13.8. The Bertz CT molecular complexity index is 1050. The third-order valence-corrected chi connectivity index (χ3v) is 8.01. The number of likely N-dealkylation sites (N-methyl/N-ethyl adjacent to an activating group) is 1. The Kier molecular flexibility index (Phi) is 10.3. The fourth-order valence-corrected chi connectivity index (χ4v) is 5.88. The van der Waals surface area contributed by atoms with Gasteiger partial charge in [0.15, 0.2) is 11.6 Å². The van der Waals surface area contributed by atoms with Gasteiger partial charge in [-0.05, 0) is 50.2 Å². The van der Waals surface area contributed by atoms with E-state index < -0.39 is 17.9 Å². The minimum atomic E-state index is -0.684.